The number of likely N-dealkylation sites (tertiary alicyclic amines) is 1. The Morgan fingerprint density at radius 2 is 1.83 bits per heavy atom. The largest absolute Gasteiger partial charge is 0.496 e. The first-order valence-electron chi connectivity index (χ1n) is 13.4. The van der Waals surface area contributed by atoms with Crippen LogP contribution in [0.25, 0.3) is 0 Å². The maximum atomic E-state index is 13.4. The van der Waals surface area contributed by atoms with Crippen molar-refractivity contribution in [3.63, 3.8) is 0 Å². The first kappa shape index (κ1) is 27.8. The molecule has 3 heterocycles. The van der Waals surface area contributed by atoms with Crippen LogP contribution in [0.5, 0.6) is 11.5 Å². The lowest BCUT2D eigenvalue weighted by Crippen LogP contribution is -2.42. The van der Waals surface area contributed by atoms with Gasteiger partial charge < -0.3 is 19.6 Å². The fourth-order valence-corrected chi connectivity index (χ4v) is 10.9. The molecule has 2 bridgehead atoms. The lowest BCUT2D eigenvalue weighted by atomic mass is 9.68. The second-order valence-corrected chi connectivity index (χ2v) is 14.1. The zero-order valence-corrected chi connectivity index (χ0v) is 25.2. The number of fused-ring (bicyclic) bond motifs is 9. The molecule has 1 aromatic heterocycles. The number of ether oxygens (including phenoxy) is 2. The van der Waals surface area contributed by atoms with Gasteiger partial charge in [-0.05, 0) is 54.0 Å². The summed E-state index contributed by atoms with van der Waals surface area (Å²) >= 11 is 15.0. The number of aromatic amines is 1. The highest BCUT2D eigenvalue weighted by atomic mass is 35.5. The number of nitrogens with zero attached hydrogens (tertiary/aromatic N) is 1. The topological polar surface area (TPSA) is 126 Å². The van der Waals surface area contributed by atoms with Gasteiger partial charge in [0.1, 0.15) is 24.7 Å². The molecule has 2 saturated carbocycles. The molecule has 0 unspecified atom stereocenters. The van der Waals surface area contributed by atoms with Crippen LogP contribution in [0.4, 0.5) is 0 Å². The zero-order valence-electron chi connectivity index (χ0n) is 22.0. The van der Waals surface area contributed by atoms with Crippen LogP contribution in [-0.4, -0.2) is 51.7 Å². The smallest absolute Gasteiger partial charge is 0.323 e. The number of methoxy groups -OCH3 is 1. The number of aromatic nitrogens is 1. The van der Waals surface area contributed by atoms with E-state index in [2.05, 4.69) is 4.98 Å². The number of halogens is 2. The van der Waals surface area contributed by atoms with Crippen LogP contribution in [0.2, 0.25) is 10.0 Å². The normalized spacial score (nSPS) is 28.9. The van der Waals surface area contributed by atoms with Gasteiger partial charge in [0.05, 0.1) is 29.0 Å². The molecule has 2 N–H and O–H groups in total. The summed E-state index contributed by atoms with van der Waals surface area (Å²) < 4.78 is 11.7. The summed E-state index contributed by atoms with van der Waals surface area (Å²) in [5, 5.41) is 11.0. The van der Waals surface area contributed by atoms with Crippen molar-refractivity contribution < 1.29 is 29.0 Å². The molecule has 2 amide bonds. The number of carbonyl (C=O) groups excluding carboxylic acids is 2. The van der Waals surface area contributed by atoms with Gasteiger partial charge in [0.15, 0.2) is 0 Å². The summed E-state index contributed by atoms with van der Waals surface area (Å²) in [6.45, 7) is -0.413. The molecule has 2 aliphatic carbocycles. The third kappa shape index (κ3) is 4.27. The summed E-state index contributed by atoms with van der Waals surface area (Å²) in [7, 11) is 1.58. The molecule has 7 atom stereocenters. The minimum Gasteiger partial charge on any atom is -0.496 e. The van der Waals surface area contributed by atoms with E-state index < -0.39 is 24.3 Å². The third-order valence-electron chi connectivity index (χ3n) is 9.06. The van der Waals surface area contributed by atoms with Gasteiger partial charge in [-0.25, -0.2) is 0 Å². The minimum atomic E-state index is -1.21. The Morgan fingerprint density at radius 1 is 1.07 bits per heavy atom. The second-order valence-electron chi connectivity index (χ2n) is 11.1. The van der Waals surface area contributed by atoms with Crippen molar-refractivity contribution in [1.29, 1.82) is 0 Å². The molecule has 4 aliphatic rings. The Balaban J connectivity index is 1.24. The number of nitrogens with one attached hydrogen (secondary N) is 1. The van der Waals surface area contributed by atoms with Gasteiger partial charge in [0.25, 0.3) is 0 Å². The van der Waals surface area contributed by atoms with Crippen molar-refractivity contribution in [3.8, 4) is 11.5 Å². The summed E-state index contributed by atoms with van der Waals surface area (Å²) in [6.07, 6.45) is 0.719. The van der Waals surface area contributed by atoms with E-state index in [4.69, 9.17) is 32.7 Å². The number of thiazole rings is 1. The van der Waals surface area contributed by atoms with Crippen LogP contribution >= 0.6 is 46.3 Å². The number of H-pyrrole nitrogens is 1. The Bertz CT molecular complexity index is 1710. The Kier molecular flexibility index (Phi) is 6.84. The first-order chi connectivity index (χ1) is 20.2. The van der Waals surface area contributed by atoms with Crippen LogP contribution in [0.15, 0.2) is 46.2 Å². The summed E-state index contributed by atoms with van der Waals surface area (Å²) in [5.74, 6) is -2.33. The highest BCUT2D eigenvalue weighted by Gasteiger charge is 2.69. The van der Waals surface area contributed by atoms with Gasteiger partial charge in [-0.15, -0.1) is 11.8 Å². The first-order valence-corrected chi connectivity index (χ1v) is 15.8. The number of aliphatic carboxylic acids is 1. The lowest BCUT2D eigenvalue weighted by molar-refractivity contribution is -0.149. The Labute approximate surface area is 258 Å². The van der Waals surface area contributed by atoms with Crippen molar-refractivity contribution in [2.75, 3.05) is 13.7 Å². The maximum Gasteiger partial charge on any atom is 0.323 e. The minimum absolute atomic E-state index is 0.00146. The van der Waals surface area contributed by atoms with E-state index in [1.807, 2.05) is 18.2 Å². The van der Waals surface area contributed by atoms with Gasteiger partial charge in [-0.3, -0.25) is 24.1 Å². The molecule has 0 spiro atoms. The molecular formula is C29H24Cl2N2O7S2. The fourth-order valence-electron chi connectivity index (χ4n) is 7.56. The van der Waals surface area contributed by atoms with Gasteiger partial charge in [-0.1, -0.05) is 46.7 Å². The monoisotopic (exact) mass is 646 g/mol. The average Bonchev–Trinajstić information content (AvgIpc) is 3.68. The fraction of sp³-hybridized carbons (Fsp3) is 0.379. The van der Waals surface area contributed by atoms with Gasteiger partial charge in [0.2, 0.25) is 11.8 Å². The number of rotatable bonds is 7. The van der Waals surface area contributed by atoms with E-state index >= 15 is 0 Å². The number of amides is 2. The molecule has 3 fully saturated rings. The van der Waals surface area contributed by atoms with Gasteiger partial charge in [-0.2, -0.15) is 0 Å². The van der Waals surface area contributed by atoms with Crippen LogP contribution < -0.4 is 14.3 Å². The SMILES string of the molecule is COc1cc([C@@H]2c3sc(=O)[nH]c3S[C@@H]3[C@H]4C[C@@H]([C@@H]5C(=O)N(CC(=O)O)C(=O)[C@@H]45)[C@H]23)ccc1COc1ccc(Cl)cc1Cl. The maximum absolute atomic E-state index is 13.4. The highest BCUT2D eigenvalue weighted by molar-refractivity contribution is 8.00. The number of hydrogen-bond acceptors (Lipinski definition) is 8. The molecule has 42 heavy (non-hydrogen) atoms. The molecular weight excluding hydrogens is 623 g/mol. The van der Waals surface area contributed by atoms with Gasteiger partial charge >= 0.3 is 10.8 Å². The van der Waals surface area contributed by atoms with E-state index in [1.165, 1.54) is 11.3 Å². The standard InChI is InChI=1S/C29H24Cl2N2O7S2/c1-39-18-6-11(2-3-12(18)10-40-17-5-4-13(30)7-16(17)31)20-21-14-8-15(24(21)41-26-25(20)42-29(38)32-26)23-22(14)27(36)33(28(23)37)9-19(34)35/h2-7,14-15,20-24H,8-10H2,1H3,(H,32,38)(H,34,35)/t14-,15+,20+,21-,22+,23+,24-/m1/s1. The predicted molar refractivity (Wildman–Crippen MR) is 157 cm³/mol. The Morgan fingerprint density at radius 3 is 2.55 bits per heavy atom. The number of hydrogen-bond donors (Lipinski definition) is 2. The van der Waals surface area contributed by atoms with Crippen LogP contribution in [0.3, 0.4) is 0 Å². The number of benzene rings is 2. The van der Waals surface area contributed by atoms with Crippen molar-refractivity contribution in [3.05, 3.63) is 72.1 Å². The van der Waals surface area contributed by atoms with E-state index in [0.29, 0.717) is 21.5 Å². The van der Waals surface area contributed by atoms with E-state index in [9.17, 15) is 24.3 Å². The van der Waals surface area contributed by atoms with E-state index in [0.717, 1.165) is 32.4 Å². The third-order valence-corrected chi connectivity index (χ3v) is 12.2. The summed E-state index contributed by atoms with van der Waals surface area (Å²) in [6, 6.07) is 10.9. The van der Waals surface area contributed by atoms with Crippen molar-refractivity contribution >= 4 is 64.1 Å². The molecule has 218 valence electrons. The van der Waals surface area contributed by atoms with Gasteiger partial charge in [0, 0.05) is 26.6 Å². The highest BCUT2D eigenvalue weighted by Crippen LogP contribution is 2.68. The number of carbonyl (C=O) groups is 3. The van der Waals surface area contributed by atoms with Crippen LogP contribution in [-0.2, 0) is 21.0 Å². The van der Waals surface area contributed by atoms with Crippen LogP contribution in [0.1, 0.15) is 28.3 Å². The molecule has 2 aromatic carbocycles. The number of thioether (sulfide) groups is 1. The predicted octanol–water partition coefficient (Wildman–Crippen LogP) is 4.89. The molecule has 3 aromatic rings. The second kappa shape index (κ2) is 10.3. The van der Waals surface area contributed by atoms with E-state index in [1.54, 1.807) is 37.1 Å². The Hall–Kier alpha value is -2.99. The van der Waals surface area contributed by atoms with Crippen molar-refractivity contribution in [2.24, 2.45) is 29.6 Å². The molecule has 1 saturated heterocycles. The average molecular weight is 648 g/mol. The molecule has 2 aliphatic heterocycles. The quantitative estimate of drug-likeness (QED) is 0.348. The summed E-state index contributed by atoms with van der Waals surface area (Å²) in [5.41, 5.74) is 1.74. The molecule has 9 nitrogen and oxygen atoms in total. The molecule has 0 radical (unpaired) electrons. The van der Waals surface area contributed by atoms with Crippen molar-refractivity contribution in [2.45, 2.75) is 29.2 Å². The van der Waals surface area contributed by atoms with E-state index in [-0.39, 0.29) is 52.2 Å². The summed E-state index contributed by atoms with van der Waals surface area (Å²) in [4.78, 5) is 55.3. The van der Waals surface area contributed by atoms with Crippen LogP contribution in [0, 0.1) is 29.6 Å². The molecule has 7 rings (SSSR count). The number of carboxylic acid groups (broad SMARTS) is 1. The molecule has 13 heteroatoms. The zero-order chi connectivity index (χ0) is 29.4. The number of carboxylic acids is 1. The number of imide groups is 1. The van der Waals surface area contributed by atoms with Crippen molar-refractivity contribution in [1.82, 2.24) is 9.88 Å². The lowest BCUT2D eigenvalue weighted by Gasteiger charge is -2.43.